The van der Waals surface area contributed by atoms with Crippen LogP contribution >= 0.6 is 27.3 Å². The summed E-state index contributed by atoms with van der Waals surface area (Å²) in [6, 6.07) is 2.04. The lowest BCUT2D eigenvalue weighted by Gasteiger charge is -2.16. The molecular formula is C11H16BrNOS. The van der Waals surface area contributed by atoms with Crippen molar-refractivity contribution in [2.45, 2.75) is 19.8 Å². The Morgan fingerprint density at radius 3 is 2.93 bits per heavy atom. The summed E-state index contributed by atoms with van der Waals surface area (Å²) in [6.07, 6.45) is 1.92. The third-order valence-electron chi connectivity index (χ3n) is 2.30. The molecule has 0 N–H and O–H groups in total. The van der Waals surface area contributed by atoms with Crippen LogP contribution in [0.3, 0.4) is 0 Å². The molecule has 0 fully saturated rings. The average molecular weight is 290 g/mol. The van der Waals surface area contributed by atoms with Crippen LogP contribution in [0.4, 0.5) is 0 Å². The molecular weight excluding hydrogens is 274 g/mol. The monoisotopic (exact) mass is 289 g/mol. The lowest BCUT2D eigenvalue weighted by atomic mass is 10.2. The Balaban J connectivity index is 2.67. The van der Waals surface area contributed by atoms with E-state index in [1.807, 2.05) is 18.5 Å². The van der Waals surface area contributed by atoms with Gasteiger partial charge in [-0.3, -0.25) is 4.79 Å². The number of thiophene rings is 1. The van der Waals surface area contributed by atoms with E-state index in [4.69, 9.17) is 0 Å². The van der Waals surface area contributed by atoms with E-state index in [1.165, 1.54) is 0 Å². The fraction of sp³-hybridized carbons (Fsp3) is 0.545. The van der Waals surface area contributed by atoms with Crippen LogP contribution in [-0.4, -0.2) is 29.7 Å². The Morgan fingerprint density at radius 2 is 2.33 bits per heavy atom. The second-order valence-corrected chi connectivity index (χ2v) is 5.11. The zero-order chi connectivity index (χ0) is 11.3. The number of nitrogens with zero attached hydrogens (tertiary/aromatic N) is 1. The van der Waals surface area contributed by atoms with Gasteiger partial charge in [-0.05, 0) is 29.9 Å². The van der Waals surface area contributed by atoms with Gasteiger partial charge in [0.2, 0.25) is 0 Å². The summed E-state index contributed by atoms with van der Waals surface area (Å²) < 4.78 is 0. The minimum Gasteiger partial charge on any atom is -0.341 e. The third kappa shape index (κ3) is 3.31. The Bertz CT molecular complexity index is 324. The molecule has 1 amide bonds. The summed E-state index contributed by atoms with van der Waals surface area (Å²) in [7, 11) is 1.87. The van der Waals surface area contributed by atoms with Crippen molar-refractivity contribution >= 4 is 33.2 Å². The maximum Gasteiger partial charge on any atom is 0.263 e. The standard InChI is InChI=1S/C11H16BrNOS/c1-3-9-5-8-15-10(9)11(14)13(2)7-4-6-12/h5,8H,3-4,6-7H2,1-2H3. The first kappa shape index (κ1) is 12.7. The van der Waals surface area contributed by atoms with Crippen LogP contribution in [0, 0.1) is 0 Å². The van der Waals surface area contributed by atoms with Crippen LogP contribution in [0.1, 0.15) is 28.6 Å². The molecule has 0 spiro atoms. The molecule has 0 saturated carbocycles. The van der Waals surface area contributed by atoms with Gasteiger partial charge in [-0.1, -0.05) is 22.9 Å². The highest BCUT2D eigenvalue weighted by Gasteiger charge is 2.15. The minimum absolute atomic E-state index is 0.155. The predicted octanol–water partition coefficient (Wildman–Crippen LogP) is 3.17. The second kappa shape index (κ2) is 6.28. The molecule has 0 bridgehead atoms. The van der Waals surface area contributed by atoms with Gasteiger partial charge in [-0.25, -0.2) is 0 Å². The van der Waals surface area contributed by atoms with Gasteiger partial charge in [-0.15, -0.1) is 11.3 Å². The molecule has 0 aromatic carbocycles. The summed E-state index contributed by atoms with van der Waals surface area (Å²) in [5.41, 5.74) is 1.16. The molecule has 1 aromatic heterocycles. The Kier molecular flexibility index (Phi) is 5.32. The van der Waals surface area contributed by atoms with E-state index in [-0.39, 0.29) is 5.91 Å². The molecule has 0 aliphatic rings. The van der Waals surface area contributed by atoms with Crippen molar-refractivity contribution in [2.75, 3.05) is 18.9 Å². The van der Waals surface area contributed by atoms with Crippen LogP contribution in [0.15, 0.2) is 11.4 Å². The van der Waals surface area contributed by atoms with Crippen molar-refractivity contribution < 1.29 is 4.79 Å². The van der Waals surface area contributed by atoms with Gasteiger partial charge >= 0.3 is 0 Å². The summed E-state index contributed by atoms with van der Waals surface area (Å²) in [6.45, 7) is 2.89. The van der Waals surface area contributed by atoms with Crippen LogP contribution in [0.2, 0.25) is 0 Å². The summed E-state index contributed by atoms with van der Waals surface area (Å²) in [4.78, 5) is 14.7. The van der Waals surface area contributed by atoms with Crippen molar-refractivity contribution in [1.29, 1.82) is 0 Å². The van der Waals surface area contributed by atoms with Gasteiger partial charge in [0, 0.05) is 18.9 Å². The molecule has 1 heterocycles. The van der Waals surface area contributed by atoms with Gasteiger partial charge in [0.15, 0.2) is 0 Å². The molecule has 0 atom stereocenters. The van der Waals surface area contributed by atoms with E-state index in [1.54, 1.807) is 16.2 Å². The zero-order valence-electron chi connectivity index (χ0n) is 9.12. The quantitative estimate of drug-likeness (QED) is 0.763. The first-order valence-electron chi connectivity index (χ1n) is 5.08. The van der Waals surface area contributed by atoms with E-state index < -0.39 is 0 Å². The highest BCUT2D eigenvalue weighted by molar-refractivity contribution is 9.09. The Labute approximate surface area is 103 Å². The predicted molar refractivity (Wildman–Crippen MR) is 69.1 cm³/mol. The SMILES string of the molecule is CCc1ccsc1C(=O)N(C)CCCBr. The van der Waals surface area contributed by atoms with Gasteiger partial charge in [-0.2, -0.15) is 0 Å². The van der Waals surface area contributed by atoms with Gasteiger partial charge in [0.05, 0.1) is 4.88 Å². The molecule has 1 aromatic rings. The van der Waals surface area contributed by atoms with E-state index >= 15 is 0 Å². The lowest BCUT2D eigenvalue weighted by molar-refractivity contribution is 0.0799. The van der Waals surface area contributed by atoms with E-state index in [9.17, 15) is 4.79 Å². The van der Waals surface area contributed by atoms with Gasteiger partial charge in [0.1, 0.15) is 0 Å². The molecule has 15 heavy (non-hydrogen) atoms. The van der Waals surface area contributed by atoms with Crippen molar-refractivity contribution in [3.05, 3.63) is 21.9 Å². The van der Waals surface area contributed by atoms with E-state index in [0.717, 1.165) is 35.2 Å². The number of hydrogen-bond acceptors (Lipinski definition) is 2. The first-order chi connectivity index (χ1) is 7.20. The smallest absolute Gasteiger partial charge is 0.263 e. The van der Waals surface area contributed by atoms with Gasteiger partial charge < -0.3 is 4.90 Å². The van der Waals surface area contributed by atoms with E-state index in [2.05, 4.69) is 22.9 Å². The minimum atomic E-state index is 0.155. The normalized spacial score (nSPS) is 10.3. The number of rotatable bonds is 5. The topological polar surface area (TPSA) is 20.3 Å². The maximum atomic E-state index is 12.0. The largest absolute Gasteiger partial charge is 0.341 e. The number of carbonyl (C=O) groups is 1. The number of amides is 1. The number of hydrogen-bond donors (Lipinski definition) is 0. The number of aryl methyl sites for hydroxylation is 1. The Hall–Kier alpha value is -0.350. The zero-order valence-corrected chi connectivity index (χ0v) is 11.5. The van der Waals surface area contributed by atoms with Gasteiger partial charge in [0.25, 0.3) is 5.91 Å². The molecule has 2 nitrogen and oxygen atoms in total. The van der Waals surface area contributed by atoms with Crippen LogP contribution in [-0.2, 0) is 6.42 Å². The molecule has 84 valence electrons. The van der Waals surface area contributed by atoms with Crippen LogP contribution < -0.4 is 0 Å². The van der Waals surface area contributed by atoms with E-state index in [0.29, 0.717) is 0 Å². The lowest BCUT2D eigenvalue weighted by Crippen LogP contribution is -2.27. The molecule has 4 heteroatoms. The first-order valence-corrected chi connectivity index (χ1v) is 7.08. The highest BCUT2D eigenvalue weighted by Crippen LogP contribution is 2.19. The Morgan fingerprint density at radius 1 is 1.60 bits per heavy atom. The van der Waals surface area contributed by atoms with Crippen molar-refractivity contribution in [1.82, 2.24) is 4.90 Å². The van der Waals surface area contributed by atoms with Crippen LogP contribution in [0.25, 0.3) is 0 Å². The summed E-state index contributed by atoms with van der Waals surface area (Å²) in [5.74, 6) is 0.155. The maximum absolute atomic E-state index is 12.0. The molecule has 0 aliphatic heterocycles. The number of carbonyl (C=O) groups excluding carboxylic acids is 1. The average Bonchev–Trinajstić information content (AvgIpc) is 2.72. The van der Waals surface area contributed by atoms with Crippen LogP contribution in [0.5, 0.6) is 0 Å². The summed E-state index contributed by atoms with van der Waals surface area (Å²) in [5, 5.41) is 2.93. The summed E-state index contributed by atoms with van der Waals surface area (Å²) >= 11 is 4.91. The molecule has 0 saturated heterocycles. The fourth-order valence-electron chi connectivity index (χ4n) is 1.37. The number of alkyl halides is 1. The number of halogens is 1. The molecule has 1 rings (SSSR count). The highest BCUT2D eigenvalue weighted by atomic mass is 79.9. The molecule has 0 aliphatic carbocycles. The molecule has 0 radical (unpaired) electrons. The fourth-order valence-corrected chi connectivity index (χ4v) is 2.61. The third-order valence-corrected chi connectivity index (χ3v) is 3.80. The molecule has 0 unspecified atom stereocenters. The van der Waals surface area contributed by atoms with Crippen molar-refractivity contribution in [3.63, 3.8) is 0 Å². The second-order valence-electron chi connectivity index (χ2n) is 3.40. The van der Waals surface area contributed by atoms with Crippen molar-refractivity contribution in [2.24, 2.45) is 0 Å². The van der Waals surface area contributed by atoms with Crippen molar-refractivity contribution in [3.8, 4) is 0 Å².